The summed E-state index contributed by atoms with van der Waals surface area (Å²) in [5.74, 6) is 0.740. The summed E-state index contributed by atoms with van der Waals surface area (Å²) >= 11 is 0. The number of H-pyrrole nitrogens is 1. The third-order valence-electron chi connectivity index (χ3n) is 4.50. The molecule has 8 nitrogen and oxygen atoms in total. The van der Waals surface area contributed by atoms with Gasteiger partial charge in [0.05, 0.1) is 30.5 Å². The number of rotatable bonds is 4. The van der Waals surface area contributed by atoms with Crippen LogP contribution in [0.25, 0.3) is 11.3 Å². The number of carbonyl (C=O) groups excluding carboxylic acids is 1. The van der Waals surface area contributed by atoms with E-state index in [0.29, 0.717) is 19.7 Å². The molecular formula is C20H29N5O3. The number of morpholine rings is 1. The van der Waals surface area contributed by atoms with Gasteiger partial charge in [0.25, 0.3) is 0 Å². The molecule has 8 heteroatoms. The number of nitrogens with one attached hydrogen (secondary N) is 2. The first kappa shape index (κ1) is 20.1. The number of nitrogens with zero attached hydrogens (tertiary/aromatic N) is 3. The highest BCUT2D eigenvalue weighted by Crippen LogP contribution is 2.27. The number of pyridine rings is 1. The molecule has 3 heterocycles. The van der Waals surface area contributed by atoms with Gasteiger partial charge in [0.15, 0.2) is 0 Å². The van der Waals surface area contributed by atoms with Gasteiger partial charge < -0.3 is 14.8 Å². The molecule has 2 aromatic rings. The minimum atomic E-state index is -0.536. The van der Waals surface area contributed by atoms with Crippen molar-refractivity contribution in [3.63, 3.8) is 0 Å². The van der Waals surface area contributed by atoms with Crippen LogP contribution in [0.15, 0.2) is 30.6 Å². The van der Waals surface area contributed by atoms with Crippen molar-refractivity contribution in [1.29, 1.82) is 0 Å². The van der Waals surface area contributed by atoms with Gasteiger partial charge in [-0.05, 0) is 52.8 Å². The van der Waals surface area contributed by atoms with E-state index in [9.17, 15) is 4.79 Å². The quantitative estimate of drug-likeness (QED) is 0.836. The van der Waals surface area contributed by atoms with Crippen LogP contribution in [-0.2, 0) is 9.47 Å². The van der Waals surface area contributed by atoms with Crippen molar-refractivity contribution < 1.29 is 14.3 Å². The normalized spacial score (nSPS) is 19.3. The van der Waals surface area contributed by atoms with E-state index in [1.807, 2.05) is 52.8 Å². The van der Waals surface area contributed by atoms with Crippen molar-refractivity contribution in [1.82, 2.24) is 20.1 Å². The van der Waals surface area contributed by atoms with Crippen LogP contribution in [-0.4, -0.2) is 63.1 Å². The first-order valence-corrected chi connectivity index (χ1v) is 9.46. The Kier molecular flexibility index (Phi) is 5.60. The molecule has 1 aliphatic heterocycles. The zero-order valence-corrected chi connectivity index (χ0v) is 17.2. The zero-order chi connectivity index (χ0) is 20.4. The smallest absolute Gasteiger partial charge is 0.410 e. The molecule has 1 amide bonds. The predicted octanol–water partition coefficient (Wildman–Crippen LogP) is 3.30. The molecular weight excluding hydrogens is 358 g/mol. The molecule has 28 heavy (non-hydrogen) atoms. The lowest BCUT2D eigenvalue weighted by Crippen LogP contribution is -2.60. The lowest BCUT2D eigenvalue weighted by atomic mass is 10.0. The van der Waals surface area contributed by atoms with E-state index in [1.165, 1.54) is 0 Å². The maximum Gasteiger partial charge on any atom is 0.410 e. The van der Waals surface area contributed by atoms with Gasteiger partial charge in [-0.2, -0.15) is 5.10 Å². The van der Waals surface area contributed by atoms with Crippen LogP contribution in [0.5, 0.6) is 0 Å². The van der Waals surface area contributed by atoms with Crippen LogP contribution in [0.4, 0.5) is 10.6 Å². The Labute approximate surface area is 165 Å². The average Bonchev–Trinajstić information content (AvgIpc) is 3.13. The molecule has 2 N–H and O–H groups in total. The van der Waals surface area contributed by atoms with Gasteiger partial charge in [0, 0.05) is 24.5 Å². The predicted molar refractivity (Wildman–Crippen MR) is 107 cm³/mol. The summed E-state index contributed by atoms with van der Waals surface area (Å²) in [5.41, 5.74) is 0.855. The summed E-state index contributed by atoms with van der Waals surface area (Å²) < 4.78 is 11.6. The minimum Gasteiger partial charge on any atom is -0.444 e. The Morgan fingerprint density at radius 1 is 1.39 bits per heavy atom. The van der Waals surface area contributed by atoms with Gasteiger partial charge >= 0.3 is 6.09 Å². The number of hydrogen-bond donors (Lipinski definition) is 2. The molecule has 1 aliphatic rings. The first-order valence-electron chi connectivity index (χ1n) is 9.46. The summed E-state index contributed by atoms with van der Waals surface area (Å²) in [4.78, 5) is 18.8. The van der Waals surface area contributed by atoms with E-state index >= 15 is 0 Å². The highest BCUT2D eigenvalue weighted by molar-refractivity contribution is 5.72. The molecule has 0 aromatic carbocycles. The number of anilines is 1. The summed E-state index contributed by atoms with van der Waals surface area (Å²) in [6.45, 7) is 11.0. The van der Waals surface area contributed by atoms with Crippen LogP contribution in [0.3, 0.4) is 0 Å². The van der Waals surface area contributed by atoms with Crippen molar-refractivity contribution in [2.45, 2.75) is 51.9 Å². The number of amides is 1. The third-order valence-corrected chi connectivity index (χ3v) is 4.50. The van der Waals surface area contributed by atoms with Gasteiger partial charge in [-0.15, -0.1) is 0 Å². The lowest BCUT2D eigenvalue weighted by Gasteiger charge is -2.45. The van der Waals surface area contributed by atoms with E-state index < -0.39 is 11.1 Å². The monoisotopic (exact) mass is 387 g/mol. The molecule has 3 rings (SSSR count). The number of aromatic amines is 1. The number of carbonyl (C=O) groups is 1. The maximum absolute atomic E-state index is 12.7. The van der Waals surface area contributed by atoms with E-state index in [0.717, 1.165) is 17.1 Å². The second-order valence-electron chi connectivity index (χ2n) is 8.59. The zero-order valence-electron chi connectivity index (χ0n) is 17.2. The molecule has 152 valence electrons. The molecule has 0 radical (unpaired) electrons. The fourth-order valence-electron chi connectivity index (χ4n) is 3.05. The van der Waals surface area contributed by atoms with Crippen LogP contribution >= 0.6 is 0 Å². The summed E-state index contributed by atoms with van der Waals surface area (Å²) in [5, 5.41) is 10.3. The topological polar surface area (TPSA) is 92.4 Å². The molecule has 1 unspecified atom stereocenters. The molecule has 0 aliphatic carbocycles. The van der Waals surface area contributed by atoms with Gasteiger partial charge in [-0.25, -0.2) is 9.78 Å². The molecule has 0 bridgehead atoms. The summed E-state index contributed by atoms with van der Waals surface area (Å²) in [6.07, 6.45) is 2.95. The highest BCUT2D eigenvalue weighted by atomic mass is 16.6. The van der Waals surface area contributed by atoms with Crippen LogP contribution in [0.1, 0.15) is 34.6 Å². The molecule has 1 saturated heterocycles. The Hall–Kier alpha value is -2.61. The fraction of sp³-hybridized carbons (Fsp3) is 0.550. The molecule has 1 fully saturated rings. The summed E-state index contributed by atoms with van der Waals surface area (Å²) in [6, 6.07) is 5.75. The number of aromatic nitrogens is 3. The molecule has 0 spiro atoms. The van der Waals surface area contributed by atoms with E-state index in [-0.39, 0.29) is 12.2 Å². The summed E-state index contributed by atoms with van der Waals surface area (Å²) in [7, 11) is 0. The highest BCUT2D eigenvalue weighted by Gasteiger charge is 2.40. The Morgan fingerprint density at radius 2 is 2.18 bits per heavy atom. The largest absolute Gasteiger partial charge is 0.444 e. The third kappa shape index (κ3) is 4.81. The Morgan fingerprint density at radius 3 is 2.86 bits per heavy atom. The maximum atomic E-state index is 12.7. The van der Waals surface area contributed by atoms with Crippen LogP contribution < -0.4 is 5.32 Å². The van der Waals surface area contributed by atoms with Crippen molar-refractivity contribution in [3.8, 4) is 11.3 Å². The molecule has 0 saturated carbocycles. The minimum absolute atomic E-state index is 0.169. The second-order valence-corrected chi connectivity index (χ2v) is 8.59. The lowest BCUT2D eigenvalue weighted by molar-refractivity contribution is -0.0940. The van der Waals surface area contributed by atoms with Gasteiger partial charge in [-0.1, -0.05) is 0 Å². The standard InChI is InChI=1S/C20H29N5O3/c1-19(2,3)28-18(26)25-12-14(27-13-20(25,4)5)11-22-17-15(7-6-9-21-17)16-8-10-23-24-16/h6-10,14H,11-13H2,1-5H3,(H,21,22)(H,23,24). The number of ether oxygens (including phenoxy) is 2. The molecule has 1 atom stereocenters. The Balaban J connectivity index is 1.67. The van der Waals surface area contributed by atoms with Gasteiger partial charge in [0.2, 0.25) is 0 Å². The number of hydrogen-bond acceptors (Lipinski definition) is 6. The van der Waals surface area contributed by atoms with Gasteiger partial charge in [-0.3, -0.25) is 10.00 Å². The fourth-order valence-corrected chi connectivity index (χ4v) is 3.05. The van der Waals surface area contributed by atoms with E-state index in [4.69, 9.17) is 9.47 Å². The van der Waals surface area contributed by atoms with Crippen LogP contribution in [0.2, 0.25) is 0 Å². The van der Waals surface area contributed by atoms with Crippen molar-refractivity contribution in [3.05, 3.63) is 30.6 Å². The van der Waals surface area contributed by atoms with Crippen LogP contribution in [0, 0.1) is 0 Å². The van der Waals surface area contributed by atoms with E-state index in [1.54, 1.807) is 17.3 Å². The van der Waals surface area contributed by atoms with Crippen molar-refractivity contribution in [2.75, 3.05) is 25.0 Å². The van der Waals surface area contributed by atoms with E-state index in [2.05, 4.69) is 20.5 Å². The van der Waals surface area contributed by atoms with Crippen molar-refractivity contribution >= 4 is 11.9 Å². The first-order chi connectivity index (χ1) is 13.2. The average molecular weight is 387 g/mol. The van der Waals surface area contributed by atoms with Gasteiger partial charge in [0.1, 0.15) is 11.4 Å². The molecule has 2 aromatic heterocycles. The SMILES string of the molecule is CC(C)(C)OC(=O)N1CC(CNc2ncccc2-c2ccn[nH]2)OCC1(C)C. The van der Waals surface area contributed by atoms with Crippen molar-refractivity contribution in [2.24, 2.45) is 0 Å². The Bertz CT molecular complexity index is 798. The second kappa shape index (κ2) is 7.79.